The molecule has 2 aromatic rings. The van der Waals surface area contributed by atoms with Crippen LogP contribution >= 0.6 is 11.3 Å². The average Bonchev–Trinajstić information content (AvgIpc) is 3.36. The van der Waals surface area contributed by atoms with Gasteiger partial charge in [0.1, 0.15) is 10.6 Å². The van der Waals surface area contributed by atoms with Gasteiger partial charge >= 0.3 is 11.9 Å². The van der Waals surface area contributed by atoms with Crippen molar-refractivity contribution < 1.29 is 38.1 Å². The van der Waals surface area contributed by atoms with E-state index in [4.69, 9.17) is 23.7 Å². The molecular weight excluding hydrogens is 426 g/mol. The lowest BCUT2D eigenvalue weighted by molar-refractivity contribution is -0.119. The topological polar surface area (TPSA) is 109 Å². The number of thiophene rings is 1. The quantitative estimate of drug-likeness (QED) is 0.613. The Labute approximate surface area is 183 Å². The summed E-state index contributed by atoms with van der Waals surface area (Å²) in [6.07, 6.45) is 2.58. The number of esters is 2. The summed E-state index contributed by atoms with van der Waals surface area (Å²) in [5.41, 5.74) is 1.37. The molecule has 1 aliphatic rings. The number of ether oxygens (including phenoxy) is 5. The molecule has 0 fully saturated rings. The van der Waals surface area contributed by atoms with Crippen molar-refractivity contribution >= 4 is 34.2 Å². The Hall–Kier alpha value is -3.27. The zero-order valence-corrected chi connectivity index (χ0v) is 18.5. The van der Waals surface area contributed by atoms with Gasteiger partial charge in [-0.1, -0.05) is 0 Å². The molecule has 0 atom stereocenters. The third-order valence-corrected chi connectivity index (χ3v) is 6.03. The maximum absolute atomic E-state index is 12.5. The van der Waals surface area contributed by atoms with Crippen LogP contribution in [0.4, 0.5) is 5.00 Å². The van der Waals surface area contributed by atoms with E-state index in [1.807, 2.05) is 0 Å². The van der Waals surface area contributed by atoms with Gasteiger partial charge in [-0.05, 0) is 37.0 Å². The Kier molecular flexibility index (Phi) is 7.01. The fourth-order valence-corrected chi connectivity index (χ4v) is 4.74. The first kappa shape index (κ1) is 22.4. The number of nitrogens with one attached hydrogen (secondary N) is 1. The second-order valence-corrected chi connectivity index (χ2v) is 7.66. The Balaban J connectivity index is 1.71. The third kappa shape index (κ3) is 4.43. The largest absolute Gasteiger partial charge is 0.493 e. The van der Waals surface area contributed by atoms with E-state index in [1.54, 1.807) is 0 Å². The van der Waals surface area contributed by atoms with E-state index >= 15 is 0 Å². The minimum atomic E-state index is -0.769. The summed E-state index contributed by atoms with van der Waals surface area (Å²) in [6.45, 7) is -0.542. The third-order valence-electron chi connectivity index (χ3n) is 4.82. The molecule has 31 heavy (non-hydrogen) atoms. The van der Waals surface area contributed by atoms with Crippen molar-refractivity contribution in [2.24, 2.45) is 0 Å². The lowest BCUT2D eigenvalue weighted by Gasteiger charge is -2.15. The predicted molar refractivity (Wildman–Crippen MR) is 113 cm³/mol. The molecule has 0 bridgehead atoms. The van der Waals surface area contributed by atoms with Gasteiger partial charge in [-0.25, -0.2) is 9.59 Å². The number of carbonyl (C=O) groups excluding carboxylic acids is 3. The molecular formula is C21H23NO8S. The highest BCUT2D eigenvalue weighted by Crippen LogP contribution is 2.40. The molecule has 0 radical (unpaired) electrons. The van der Waals surface area contributed by atoms with Crippen molar-refractivity contribution in [1.82, 2.24) is 0 Å². The van der Waals surface area contributed by atoms with Crippen LogP contribution in [-0.2, 0) is 27.1 Å². The molecule has 10 heteroatoms. The molecule has 0 unspecified atom stereocenters. The Morgan fingerprint density at radius 3 is 2.35 bits per heavy atom. The molecule has 1 heterocycles. The van der Waals surface area contributed by atoms with E-state index in [-0.39, 0.29) is 17.1 Å². The van der Waals surface area contributed by atoms with E-state index in [0.717, 1.165) is 29.7 Å². The molecule has 0 saturated heterocycles. The van der Waals surface area contributed by atoms with Crippen LogP contribution in [0.3, 0.4) is 0 Å². The van der Waals surface area contributed by atoms with E-state index in [1.165, 1.54) is 51.9 Å². The van der Waals surface area contributed by atoms with Crippen LogP contribution in [0.5, 0.6) is 17.2 Å². The van der Waals surface area contributed by atoms with Crippen molar-refractivity contribution in [3.05, 3.63) is 33.7 Å². The van der Waals surface area contributed by atoms with Gasteiger partial charge in [0.15, 0.2) is 18.1 Å². The molecule has 1 N–H and O–H groups in total. The molecule has 3 rings (SSSR count). The molecule has 1 amide bonds. The van der Waals surface area contributed by atoms with Crippen LogP contribution in [0.25, 0.3) is 0 Å². The SMILES string of the molecule is COC(=O)c1c(NC(=O)COC(=O)c2ccc(OC)c(OC)c2OC)sc2c1CCC2. The van der Waals surface area contributed by atoms with Gasteiger partial charge in [0.2, 0.25) is 5.75 Å². The number of methoxy groups -OCH3 is 4. The highest BCUT2D eigenvalue weighted by atomic mass is 32.1. The first-order valence-corrected chi connectivity index (χ1v) is 10.3. The monoisotopic (exact) mass is 449 g/mol. The molecule has 1 aromatic carbocycles. The van der Waals surface area contributed by atoms with Crippen LogP contribution in [0, 0.1) is 0 Å². The molecule has 0 aliphatic heterocycles. The summed E-state index contributed by atoms with van der Waals surface area (Å²) in [7, 11) is 5.55. The smallest absolute Gasteiger partial charge is 0.342 e. The van der Waals surface area contributed by atoms with Gasteiger partial charge in [0.25, 0.3) is 5.91 Å². The maximum Gasteiger partial charge on any atom is 0.342 e. The van der Waals surface area contributed by atoms with Crippen molar-refractivity contribution in [2.45, 2.75) is 19.3 Å². The summed E-state index contributed by atoms with van der Waals surface area (Å²) in [6, 6.07) is 2.99. The number of aryl methyl sites for hydroxylation is 1. The second-order valence-electron chi connectivity index (χ2n) is 6.56. The Bertz CT molecular complexity index is 1010. The number of hydrogen-bond acceptors (Lipinski definition) is 9. The minimum Gasteiger partial charge on any atom is -0.493 e. The zero-order chi connectivity index (χ0) is 22.5. The van der Waals surface area contributed by atoms with Crippen LogP contribution in [0.1, 0.15) is 37.6 Å². The van der Waals surface area contributed by atoms with E-state index in [0.29, 0.717) is 16.3 Å². The number of rotatable bonds is 8. The molecule has 166 valence electrons. The van der Waals surface area contributed by atoms with E-state index in [2.05, 4.69) is 5.32 Å². The average molecular weight is 449 g/mol. The predicted octanol–water partition coefficient (Wildman–Crippen LogP) is 2.84. The van der Waals surface area contributed by atoms with Gasteiger partial charge in [-0.2, -0.15) is 0 Å². The van der Waals surface area contributed by atoms with Crippen molar-refractivity contribution in [3.8, 4) is 17.2 Å². The number of benzene rings is 1. The number of anilines is 1. The molecule has 1 aromatic heterocycles. The molecule has 1 aliphatic carbocycles. The van der Waals surface area contributed by atoms with Gasteiger partial charge in [0, 0.05) is 4.88 Å². The van der Waals surface area contributed by atoms with Gasteiger partial charge in [-0.3, -0.25) is 4.79 Å². The Morgan fingerprint density at radius 2 is 1.71 bits per heavy atom. The second kappa shape index (κ2) is 9.69. The number of amides is 1. The molecule has 0 saturated carbocycles. The fourth-order valence-electron chi connectivity index (χ4n) is 3.44. The number of hydrogen-bond donors (Lipinski definition) is 1. The molecule has 0 spiro atoms. The van der Waals surface area contributed by atoms with E-state index in [9.17, 15) is 14.4 Å². The normalized spacial score (nSPS) is 12.0. The van der Waals surface area contributed by atoms with E-state index < -0.39 is 24.5 Å². The lowest BCUT2D eigenvalue weighted by atomic mass is 10.1. The number of carbonyl (C=O) groups is 3. The maximum atomic E-state index is 12.5. The van der Waals surface area contributed by atoms with Gasteiger partial charge in [0.05, 0.1) is 34.0 Å². The van der Waals surface area contributed by atoms with Crippen LogP contribution in [0.2, 0.25) is 0 Å². The summed E-state index contributed by atoms with van der Waals surface area (Å²) in [4.78, 5) is 38.2. The van der Waals surface area contributed by atoms with Crippen molar-refractivity contribution in [3.63, 3.8) is 0 Å². The highest BCUT2D eigenvalue weighted by molar-refractivity contribution is 7.17. The van der Waals surface area contributed by atoms with Crippen LogP contribution in [-0.4, -0.2) is 52.9 Å². The van der Waals surface area contributed by atoms with Crippen molar-refractivity contribution in [2.75, 3.05) is 40.4 Å². The first-order valence-electron chi connectivity index (χ1n) is 9.43. The van der Waals surface area contributed by atoms with Gasteiger partial charge in [-0.15, -0.1) is 11.3 Å². The van der Waals surface area contributed by atoms with Crippen molar-refractivity contribution in [1.29, 1.82) is 0 Å². The summed E-state index contributed by atoms with van der Waals surface area (Å²) in [5.74, 6) is -1.08. The first-order chi connectivity index (χ1) is 14.9. The van der Waals surface area contributed by atoms with Crippen LogP contribution in [0.15, 0.2) is 12.1 Å². The zero-order valence-electron chi connectivity index (χ0n) is 17.7. The van der Waals surface area contributed by atoms with Crippen LogP contribution < -0.4 is 19.5 Å². The molecule has 9 nitrogen and oxygen atoms in total. The highest BCUT2D eigenvalue weighted by Gasteiger charge is 2.28. The Morgan fingerprint density at radius 1 is 0.968 bits per heavy atom. The standard InChI is InChI=1S/C21H23NO8S/c1-26-13-9-8-12(17(27-2)18(13)28-3)20(24)30-10-15(23)22-19-16(21(25)29-4)11-6-5-7-14(11)31-19/h8-9H,5-7,10H2,1-4H3,(H,22,23). The number of fused-ring (bicyclic) bond motifs is 1. The minimum absolute atomic E-state index is 0.0818. The summed E-state index contributed by atoms with van der Waals surface area (Å²) >= 11 is 1.34. The summed E-state index contributed by atoms with van der Waals surface area (Å²) < 4.78 is 25.7. The summed E-state index contributed by atoms with van der Waals surface area (Å²) in [5, 5.41) is 3.06. The lowest BCUT2D eigenvalue weighted by Crippen LogP contribution is -2.22. The fraction of sp³-hybridized carbons (Fsp3) is 0.381. The van der Waals surface area contributed by atoms with Gasteiger partial charge < -0.3 is 29.0 Å².